The number of nitrogens with one attached hydrogen (secondary N) is 1. The highest BCUT2D eigenvalue weighted by molar-refractivity contribution is 6.30. The van der Waals surface area contributed by atoms with E-state index in [2.05, 4.69) is 5.32 Å². The minimum absolute atomic E-state index is 0.0704. The molecule has 1 heterocycles. The van der Waals surface area contributed by atoms with Gasteiger partial charge in [-0.05, 0) is 30.5 Å². The van der Waals surface area contributed by atoms with Crippen molar-refractivity contribution in [2.75, 3.05) is 19.6 Å². The molecule has 1 aromatic rings. The van der Waals surface area contributed by atoms with Crippen LogP contribution in [0.5, 0.6) is 0 Å². The zero-order chi connectivity index (χ0) is 16.2. The highest BCUT2D eigenvalue weighted by Crippen LogP contribution is 2.24. The van der Waals surface area contributed by atoms with Gasteiger partial charge in [0.2, 0.25) is 5.91 Å². The normalized spacial score (nSPS) is 19.3. The standard InChI is InChI=1S/C17H22ClN3O2/c18-14-5-3-4-13(10-14)11-19-17(23)20-8-9-21(16(22)12-20)15-6-1-2-7-15/h3-5,10,15H,1-2,6-9,11-12H2,(H,19,23). The van der Waals surface area contributed by atoms with E-state index < -0.39 is 0 Å². The molecule has 0 aromatic heterocycles. The first-order valence-corrected chi connectivity index (χ1v) is 8.58. The summed E-state index contributed by atoms with van der Waals surface area (Å²) in [5, 5.41) is 3.51. The Hall–Kier alpha value is -1.75. The first-order chi connectivity index (χ1) is 11.1. The highest BCUT2D eigenvalue weighted by atomic mass is 35.5. The van der Waals surface area contributed by atoms with Gasteiger partial charge in [0.25, 0.3) is 0 Å². The van der Waals surface area contributed by atoms with Gasteiger partial charge in [0, 0.05) is 30.7 Å². The maximum absolute atomic E-state index is 12.3. The Morgan fingerprint density at radius 1 is 1.26 bits per heavy atom. The fourth-order valence-electron chi connectivity index (χ4n) is 3.40. The van der Waals surface area contributed by atoms with Gasteiger partial charge in [0.15, 0.2) is 0 Å². The molecule has 23 heavy (non-hydrogen) atoms. The monoisotopic (exact) mass is 335 g/mol. The number of hydrogen-bond acceptors (Lipinski definition) is 2. The van der Waals surface area contributed by atoms with Gasteiger partial charge in [0.05, 0.1) is 0 Å². The molecule has 5 nitrogen and oxygen atoms in total. The van der Waals surface area contributed by atoms with Crippen molar-refractivity contribution in [1.82, 2.24) is 15.1 Å². The van der Waals surface area contributed by atoms with Gasteiger partial charge in [-0.15, -0.1) is 0 Å². The maximum Gasteiger partial charge on any atom is 0.318 e. The lowest BCUT2D eigenvalue weighted by Crippen LogP contribution is -2.56. The number of halogens is 1. The van der Waals surface area contributed by atoms with Crippen molar-refractivity contribution >= 4 is 23.5 Å². The zero-order valence-electron chi connectivity index (χ0n) is 13.1. The molecule has 1 saturated heterocycles. The number of hydrogen-bond donors (Lipinski definition) is 1. The zero-order valence-corrected chi connectivity index (χ0v) is 13.9. The smallest absolute Gasteiger partial charge is 0.318 e. The van der Waals surface area contributed by atoms with Crippen LogP contribution in [0.3, 0.4) is 0 Å². The summed E-state index contributed by atoms with van der Waals surface area (Å²) in [6.45, 7) is 1.84. The average Bonchev–Trinajstić information content (AvgIpc) is 3.06. The molecule has 6 heteroatoms. The van der Waals surface area contributed by atoms with Crippen LogP contribution in [0.25, 0.3) is 0 Å². The van der Waals surface area contributed by atoms with Crippen molar-refractivity contribution in [3.63, 3.8) is 0 Å². The van der Waals surface area contributed by atoms with Crippen LogP contribution in [-0.4, -0.2) is 47.4 Å². The van der Waals surface area contributed by atoms with Crippen LogP contribution < -0.4 is 5.32 Å². The average molecular weight is 336 g/mol. The Morgan fingerprint density at radius 3 is 2.74 bits per heavy atom. The molecule has 1 N–H and O–H groups in total. The number of benzene rings is 1. The summed E-state index contributed by atoms with van der Waals surface area (Å²) in [5.41, 5.74) is 0.946. The molecule has 1 saturated carbocycles. The summed E-state index contributed by atoms with van der Waals surface area (Å²) in [5.74, 6) is 0.0704. The fraction of sp³-hybridized carbons (Fsp3) is 0.529. The fourth-order valence-corrected chi connectivity index (χ4v) is 3.61. The number of nitrogens with zero attached hydrogens (tertiary/aromatic N) is 2. The number of carbonyl (C=O) groups excluding carboxylic acids is 2. The van der Waals surface area contributed by atoms with Crippen LogP contribution in [0.15, 0.2) is 24.3 Å². The Morgan fingerprint density at radius 2 is 2.04 bits per heavy atom. The molecule has 0 radical (unpaired) electrons. The molecule has 0 bridgehead atoms. The number of rotatable bonds is 3. The summed E-state index contributed by atoms with van der Waals surface area (Å²) < 4.78 is 0. The van der Waals surface area contributed by atoms with E-state index in [4.69, 9.17) is 11.6 Å². The molecule has 0 unspecified atom stereocenters. The molecule has 0 atom stereocenters. The molecule has 1 aliphatic heterocycles. The van der Waals surface area contributed by atoms with Crippen molar-refractivity contribution in [3.8, 4) is 0 Å². The molecule has 1 aliphatic carbocycles. The van der Waals surface area contributed by atoms with Crippen LogP contribution in [0.4, 0.5) is 4.79 Å². The van der Waals surface area contributed by atoms with Gasteiger partial charge < -0.3 is 15.1 Å². The Bertz CT molecular complexity index is 587. The first kappa shape index (κ1) is 16.1. The van der Waals surface area contributed by atoms with Gasteiger partial charge in [-0.3, -0.25) is 4.79 Å². The van der Waals surface area contributed by atoms with Crippen LogP contribution in [0, 0.1) is 0 Å². The van der Waals surface area contributed by atoms with Gasteiger partial charge in [-0.25, -0.2) is 4.79 Å². The van der Waals surface area contributed by atoms with E-state index >= 15 is 0 Å². The molecular formula is C17H22ClN3O2. The summed E-state index contributed by atoms with van der Waals surface area (Å²) in [4.78, 5) is 28.1. The summed E-state index contributed by atoms with van der Waals surface area (Å²) >= 11 is 5.93. The van der Waals surface area contributed by atoms with E-state index in [1.807, 2.05) is 23.1 Å². The largest absolute Gasteiger partial charge is 0.336 e. The second-order valence-corrected chi connectivity index (χ2v) is 6.67. The van der Waals surface area contributed by atoms with Crippen molar-refractivity contribution in [3.05, 3.63) is 34.9 Å². The Labute approximate surface area is 141 Å². The first-order valence-electron chi connectivity index (χ1n) is 8.20. The van der Waals surface area contributed by atoms with E-state index in [9.17, 15) is 9.59 Å². The summed E-state index contributed by atoms with van der Waals surface area (Å²) in [6, 6.07) is 7.59. The topological polar surface area (TPSA) is 52.7 Å². The van der Waals surface area contributed by atoms with E-state index in [0.29, 0.717) is 30.7 Å². The lowest BCUT2D eigenvalue weighted by molar-refractivity contribution is -0.137. The van der Waals surface area contributed by atoms with Gasteiger partial charge >= 0.3 is 6.03 Å². The highest BCUT2D eigenvalue weighted by Gasteiger charge is 2.32. The van der Waals surface area contributed by atoms with Crippen LogP contribution in [0.2, 0.25) is 5.02 Å². The lowest BCUT2D eigenvalue weighted by Gasteiger charge is -2.37. The Balaban J connectivity index is 1.50. The lowest BCUT2D eigenvalue weighted by atomic mass is 10.2. The van der Waals surface area contributed by atoms with Crippen molar-refractivity contribution in [1.29, 1.82) is 0 Å². The summed E-state index contributed by atoms with van der Waals surface area (Å²) in [6.07, 6.45) is 4.62. The predicted molar refractivity (Wildman–Crippen MR) is 89.2 cm³/mol. The van der Waals surface area contributed by atoms with E-state index in [1.54, 1.807) is 11.0 Å². The van der Waals surface area contributed by atoms with E-state index in [1.165, 1.54) is 12.8 Å². The summed E-state index contributed by atoms with van der Waals surface area (Å²) in [7, 11) is 0. The van der Waals surface area contributed by atoms with E-state index in [0.717, 1.165) is 18.4 Å². The van der Waals surface area contributed by atoms with E-state index in [-0.39, 0.29) is 18.5 Å². The number of urea groups is 1. The van der Waals surface area contributed by atoms with Crippen LogP contribution in [-0.2, 0) is 11.3 Å². The Kier molecular flexibility index (Phi) is 5.06. The molecule has 3 amide bonds. The second-order valence-electron chi connectivity index (χ2n) is 6.24. The minimum Gasteiger partial charge on any atom is -0.336 e. The van der Waals surface area contributed by atoms with Gasteiger partial charge in [-0.2, -0.15) is 0 Å². The molecule has 1 aromatic carbocycles. The molecular weight excluding hydrogens is 314 g/mol. The molecule has 124 valence electrons. The van der Waals surface area contributed by atoms with Crippen LogP contribution >= 0.6 is 11.6 Å². The van der Waals surface area contributed by atoms with Crippen molar-refractivity contribution < 1.29 is 9.59 Å². The third kappa shape index (κ3) is 3.96. The SMILES string of the molecule is O=C(NCc1cccc(Cl)c1)N1CCN(C2CCCC2)C(=O)C1. The van der Waals surface area contributed by atoms with Crippen molar-refractivity contribution in [2.45, 2.75) is 38.3 Å². The maximum atomic E-state index is 12.3. The molecule has 3 rings (SSSR count). The third-order valence-electron chi connectivity index (χ3n) is 4.64. The quantitative estimate of drug-likeness (QED) is 0.923. The molecule has 0 spiro atoms. The van der Waals surface area contributed by atoms with Gasteiger partial charge in [-0.1, -0.05) is 36.6 Å². The molecule has 2 aliphatic rings. The number of amides is 3. The van der Waals surface area contributed by atoms with Gasteiger partial charge in [0.1, 0.15) is 6.54 Å². The van der Waals surface area contributed by atoms with Crippen LogP contribution in [0.1, 0.15) is 31.2 Å². The number of piperazine rings is 1. The minimum atomic E-state index is -0.190. The second kappa shape index (κ2) is 7.21. The predicted octanol–water partition coefficient (Wildman–Crippen LogP) is 2.64. The third-order valence-corrected chi connectivity index (χ3v) is 4.88. The van der Waals surface area contributed by atoms with Crippen molar-refractivity contribution in [2.24, 2.45) is 0 Å². The molecule has 2 fully saturated rings. The number of carbonyl (C=O) groups is 2.